The number of amides is 1. The van der Waals surface area contributed by atoms with E-state index in [1.54, 1.807) is 6.07 Å². The average Bonchev–Trinajstić information content (AvgIpc) is 2.59. The predicted octanol–water partition coefficient (Wildman–Crippen LogP) is 3.76. The Hall–Kier alpha value is -2.20. The smallest absolute Gasteiger partial charge is 0.460 e. The number of hydrogen-bond acceptors (Lipinski definition) is 3. The number of carbonyl (C=O) groups is 1. The Balaban J connectivity index is 2.90. The molecule has 1 amide bonds. The maximum absolute atomic E-state index is 13.3. The second-order valence-corrected chi connectivity index (χ2v) is 5.48. The molecule has 0 aliphatic carbocycles. The van der Waals surface area contributed by atoms with Crippen molar-refractivity contribution in [1.82, 2.24) is 5.32 Å². The van der Waals surface area contributed by atoms with Crippen LogP contribution in [0.3, 0.4) is 0 Å². The number of rotatable bonds is 8. The van der Waals surface area contributed by atoms with Gasteiger partial charge in [0.1, 0.15) is 11.5 Å². The number of carbonyl (C=O) groups excluding carboxylic acids is 1. The number of halogens is 7. The van der Waals surface area contributed by atoms with Crippen LogP contribution in [-0.2, 0) is 17.6 Å². The van der Waals surface area contributed by atoms with E-state index in [1.165, 1.54) is 25.6 Å². The molecule has 4 nitrogen and oxygen atoms in total. The first-order chi connectivity index (χ1) is 12.3. The van der Waals surface area contributed by atoms with Gasteiger partial charge in [0.15, 0.2) is 0 Å². The highest BCUT2D eigenvalue weighted by molar-refractivity contribution is 5.84. The van der Waals surface area contributed by atoms with Crippen LogP contribution in [0.1, 0.15) is 18.1 Å². The molecular weight excluding hydrogens is 387 g/mol. The average molecular weight is 405 g/mol. The molecule has 0 spiro atoms. The molecule has 154 valence electrons. The number of hydrogen-bond donors (Lipinski definition) is 1. The van der Waals surface area contributed by atoms with Gasteiger partial charge in [0, 0.05) is 6.54 Å². The molecule has 0 atom stereocenters. The monoisotopic (exact) mass is 405 g/mol. The van der Waals surface area contributed by atoms with E-state index >= 15 is 0 Å². The van der Waals surface area contributed by atoms with E-state index in [1.807, 2.05) is 6.92 Å². The third kappa shape index (κ3) is 4.56. The topological polar surface area (TPSA) is 47.6 Å². The standard InChI is InChI=1S/C16H18F7NO3/c1-4-9-7-12(27-3)10(8-11(9)26-2)5-6-24-13(25)14(17,18)15(19,20)16(21,22)23/h7-8H,4-6H2,1-3H3,(H,24,25). The quantitative estimate of drug-likeness (QED) is 0.670. The van der Waals surface area contributed by atoms with Crippen LogP contribution in [0.25, 0.3) is 0 Å². The van der Waals surface area contributed by atoms with Gasteiger partial charge in [-0.3, -0.25) is 4.79 Å². The van der Waals surface area contributed by atoms with Crippen molar-refractivity contribution in [2.24, 2.45) is 0 Å². The number of ether oxygens (including phenoxy) is 2. The van der Waals surface area contributed by atoms with Gasteiger partial charge in [0.05, 0.1) is 14.2 Å². The van der Waals surface area contributed by atoms with Crippen molar-refractivity contribution in [2.75, 3.05) is 20.8 Å². The molecule has 27 heavy (non-hydrogen) atoms. The van der Waals surface area contributed by atoms with E-state index in [0.717, 1.165) is 5.56 Å². The summed E-state index contributed by atoms with van der Waals surface area (Å²) in [6.45, 7) is 1.23. The van der Waals surface area contributed by atoms with Crippen LogP contribution in [0.2, 0.25) is 0 Å². The predicted molar refractivity (Wildman–Crippen MR) is 81.6 cm³/mol. The molecule has 1 aromatic rings. The number of benzene rings is 1. The van der Waals surface area contributed by atoms with Gasteiger partial charge in [-0.15, -0.1) is 0 Å². The molecule has 0 aliphatic heterocycles. The second kappa shape index (κ2) is 8.22. The van der Waals surface area contributed by atoms with E-state index in [2.05, 4.69) is 0 Å². The van der Waals surface area contributed by atoms with Crippen LogP contribution in [-0.4, -0.2) is 44.7 Å². The third-order valence-corrected chi connectivity index (χ3v) is 3.78. The van der Waals surface area contributed by atoms with Gasteiger partial charge in [-0.1, -0.05) is 6.92 Å². The Morgan fingerprint density at radius 3 is 1.89 bits per heavy atom. The van der Waals surface area contributed by atoms with Crippen LogP contribution in [0.4, 0.5) is 30.7 Å². The lowest BCUT2D eigenvalue weighted by molar-refractivity contribution is -0.344. The molecular formula is C16H18F7NO3. The first-order valence-electron chi connectivity index (χ1n) is 7.67. The molecule has 0 unspecified atom stereocenters. The largest absolute Gasteiger partial charge is 0.496 e. The minimum absolute atomic E-state index is 0.164. The van der Waals surface area contributed by atoms with Crippen molar-refractivity contribution >= 4 is 5.91 Å². The van der Waals surface area contributed by atoms with Crippen molar-refractivity contribution < 1.29 is 45.0 Å². The molecule has 1 rings (SSSR count). The summed E-state index contributed by atoms with van der Waals surface area (Å²) in [5.41, 5.74) is 1.16. The van der Waals surface area contributed by atoms with Gasteiger partial charge >= 0.3 is 18.0 Å². The van der Waals surface area contributed by atoms with E-state index in [0.29, 0.717) is 23.5 Å². The van der Waals surface area contributed by atoms with Gasteiger partial charge in [-0.25, -0.2) is 0 Å². The van der Waals surface area contributed by atoms with E-state index in [4.69, 9.17) is 9.47 Å². The Bertz CT molecular complexity index is 675. The highest BCUT2D eigenvalue weighted by atomic mass is 19.4. The summed E-state index contributed by atoms with van der Waals surface area (Å²) < 4.78 is 98.7. The van der Waals surface area contributed by atoms with Gasteiger partial charge in [-0.2, -0.15) is 30.7 Å². The molecule has 1 aromatic carbocycles. The fraction of sp³-hybridized carbons (Fsp3) is 0.562. The highest BCUT2D eigenvalue weighted by Gasteiger charge is 2.76. The number of nitrogens with one attached hydrogen (secondary N) is 1. The van der Waals surface area contributed by atoms with E-state index < -0.39 is 30.5 Å². The lowest BCUT2D eigenvalue weighted by Crippen LogP contribution is -2.59. The number of methoxy groups -OCH3 is 2. The second-order valence-electron chi connectivity index (χ2n) is 5.48. The zero-order valence-corrected chi connectivity index (χ0v) is 14.6. The summed E-state index contributed by atoms with van der Waals surface area (Å²) in [5.74, 6) is -14.4. The SMILES string of the molecule is CCc1cc(OC)c(CCNC(=O)C(F)(F)C(F)(F)C(F)(F)F)cc1OC. The highest BCUT2D eigenvalue weighted by Crippen LogP contribution is 2.46. The maximum atomic E-state index is 13.3. The molecule has 0 radical (unpaired) electrons. The maximum Gasteiger partial charge on any atom is 0.460 e. The zero-order chi connectivity index (χ0) is 21.0. The molecule has 0 bridgehead atoms. The fourth-order valence-electron chi connectivity index (χ4n) is 2.24. The van der Waals surface area contributed by atoms with Gasteiger partial charge in [0.25, 0.3) is 5.91 Å². The Morgan fingerprint density at radius 1 is 0.963 bits per heavy atom. The summed E-state index contributed by atoms with van der Waals surface area (Å²) in [4.78, 5) is 11.2. The lowest BCUT2D eigenvalue weighted by Gasteiger charge is -2.27. The summed E-state index contributed by atoms with van der Waals surface area (Å²) in [5, 5.41) is 1.40. The molecule has 0 aliphatic rings. The van der Waals surface area contributed by atoms with Crippen molar-refractivity contribution in [2.45, 2.75) is 37.8 Å². The minimum Gasteiger partial charge on any atom is -0.496 e. The van der Waals surface area contributed by atoms with E-state index in [9.17, 15) is 35.5 Å². The first-order valence-corrected chi connectivity index (χ1v) is 7.67. The van der Waals surface area contributed by atoms with Crippen LogP contribution < -0.4 is 14.8 Å². The molecule has 1 N–H and O–H groups in total. The van der Waals surface area contributed by atoms with Crippen molar-refractivity contribution in [3.8, 4) is 11.5 Å². The van der Waals surface area contributed by atoms with Gasteiger partial charge < -0.3 is 14.8 Å². The minimum atomic E-state index is -6.57. The summed E-state index contributed by atoms with van der Waals surface area (Å²) in [7, 11) is 2.73. The fourth-order valence-corrected chi connectivity index (χ4v) is 2.24. The first kappa shape index (κ1) is 22.8. The molecule has 0 aromatic heterocycles. The molecule has 0 saturated heterocycles. The summed E-state index contributed by atoms with van der Waals surface area (Å²) >= 11 is 0. The molecule has 0 heterocycles. The van der Waals surface area contributed by atoms with Crippen LogP contribution in [0.15, 0.2) is 12.1 Å². The number of aryl methyl sites for hydroxylation is 1. The van der Waals surface area contributed by atoms with Crippen molar-refractivity contribution in [3.63, 3.8) is 0 Å². The van der Waals surface area contributed by atoms with Gasteiger partial charge in [0.2, 0.25) is 0 Å². The Labute approximate surface area is 150 Å². The number of alkyl halides is 7. The van der Waals surface area contributed by atoms with Gasteiger partial charge in [-0.05, 0) is 36.1 Å². The normalized spacial score (nSPS) is 12.7. The third-order valence-electron chi connectivity index (χ3n) is 3.78. The van der Waals surface area contributed by atoms with Crippen LogP contribution in [0.5, 0.6) is 11.5 Å². The molecule has 11 heteroatoms. The molecule has 0 saturated carbocycles. The summed E-state index contributed by atoms with van der Waals surface area (Å²) in [6, 6.07) is 3.12. The molecule has 0 fully saturated rings. The lowest BCUT2D eigenvalue weighted by atomic mass is 10.0. The van der Waals surface area contributed by atoms with Crippen molar-refractivity contribution in [3.05, 3.63) is 23.3 Å². The van der Waals surface area contributed by atoms with Crippen LogP contribution >= 0.6 is 0 Å². The van der Waals surface area contributed by atoms with E-state index in [-0.39, 0.29) is 6.42 Å². The van der Waals surface area contributed by atoms with Crippen molar-refractivity contribution in [1.29, 1.82) is 0 Å². The van der Waals surface area contributed by atoms with Crippen LogP contribution in [0, 0.1) is 0 Å². The summed E-state index contributed by atoms with van der Waals surface area (Å²) in [6.07, 6.45) is -6.14. The Morgan fingerprint density at radius 2 is 1.44 bits per heavy atom. The zero-order valence-electron chi connectivity index (χ0n) is 14.6. The Kier molecular flexibility index (Phi) is 6.95.